The predicted molar refractivity (Wildman–Crippen MR) is 88.6 cm³/mol. The highest BCUT2D eigenvalue weighted by Gasteiger charge is 2.14. The highest BCUT2D eigenvalue weighted by atomic mass is 35.5. The van der Waals surface area contributed by atoms with Crippen molar-refractivity contribution in [1.82, 2.24) is 19.9 Å². The molecule has 3 aromatic rings. The Morgan fingerprint density at radius 3 is 2.74 bits per heavy atom. The molecule has 0 aliphatic heterocycles. The first-order chi connectivity index (χ1) is 11.2. The van der Waals surface area contributed by atoms with Crippen LogP contribution in [0.25, 0.3) is 5.65 Å². The first kappa shape index (κ1) is 15.5. The molecular formula is C16H16ClN5O. The number of hydrogen-bond donors (Lipinski definition) is 2. The summed E-state index contributed by atoms with van der Waals surface area (Å²) in [5.74, 6) is 0.558. The minimum absolute atomic E-state index is 0.202. The molecule has 6 nitrogen and oxygen atoms in total. The fourth-order valence-electron chi connectivity index (χ4n) is 2.33. The number of amides is 1. The number of nitrogens with zero attached hydrogens (tertiary/aromatic N) is 3. The first-order valence-electron chi connectivity index (χ1n) is 7.24. The van der Waals surface area contributed by atoms with Crippen LogP contribution in [0.15, 0.2) is 42.6 Å². The maximum Gasteiger partial charge on any atom is 0.255 e. The first-order valence-corrected chi connectivity index (χ1v) is 7.62. The van der Waals surface area contributed by atoms with E-state index in [-0.39, 0.29) is 5.91 Å². The molecule has 3 rings (SSSR count). The van der Waals surface area contributed by atoms with Crippen molar-refractivity contribution < 1.29 is 4.79 Å². The second-order valence-electron chi connectivity index (χ2n) is 5.08. The third kappa shape index (κ3) is 3.33. The fraction of sp³-hybridized carbons (Fsp3) is 0.188. The third-order valence-corrected chi connectivity index (χ3v) is 3.71. The molecule has 2 heterocycles. The van der Waals surface area contributed by atoms with E-state index < -0.39 is 0 Å². The summed E-state index contributed by atoms with van der Waals surface area (Å²) >= 11 is 5.90. The number of hydrogen-bond acceptors (Lipinski definition) is 4. The number of nitrogens with two attached hydrogens (primary N) is 1. The Kier molecular flexibility index (Phi) is 4.55. The van der Waals surface area contributed by atoms with Crippen LogP contribution in [0.2, 0.25) is 5.02 Å². The van der Waals surface area contributed by atoms with Crippen LogP contribution in [0.5, 0.6) is 0 Å². The average Bonchev–Trinajstić information content (AvgIpc) is 2.98. The molecule has 0 aliphatic rings. The van der Waals surface area contributed by atoms with E-state index >= 15 is 0 Å². The number of fused-ring (bicyclic) bond motifs is 1. The van der Waals surface area contributed by atoms with Gasteiger partial charge in [-0.2, -0.15) is 0 Å². The van der Waals surface area contributed by atoms with E-state index in [2.05, 4.69) is 15.5 Å². The van der Waals surface area contributed by atoms with Crippen molar-refractivity contribution in [3.05, 3.63) is 64.6 Å². The lowest BCUT2D eigenvalue weighted by atomic mass is 10.1. The van der Waals surface area contributed by atoms with Crippen LogP contribution in [-0.4, -0.2) is 33.6 Å². The van der Waals surface area contributed by atoms with Crippen molar-refractivity contribution in [2.75, 3.05) is 13.1 Å². The number of rotatable bonds is 5. The van der Waals surface area contributed by atoms with Gasteiger partial charge >= 0.3 is 0 Å². The van der Waals surface area contributed by atoms with Crippen molar-refractivity contribution in [3.8, 4) is 0 Å². The normalized spacial score (nSPS) is 10.9. The largest absolute Gasteiger partial charge is 0.351 e. The molecule has 23 heavy (non-hydrogen) atoms. The van der Waals surface area contributed by atoms with Crippen molar-refractivity contribution in [3.63, 3.8) is 0 Å². The minimum Gasteiger partial charge on any atom is -0.351 e. The molecular weight excluding hydrogens is 314 g/mol. The van der Waals surface area contributed by atoms with Gasteiger partial charge in [0.2, 0.25) is 0 Å². The Bertz CT molecular complexity index is 828. The van der Waals surface area contributed by atoms with E-state index in [9.17, 15) is 4.79 Å². The van der Waals surface area contributed by atoms with Gasteiger partial charge in [0.15, 0.2) is 5.65 Å². The Hall–Kier alpha value is -2.44. The predicted octanol–water partition coefficient (Wildman–Crippen LogP) is 1.66. The molecule has 0 fully saturated rings. The molecule has 3 N–H and O–H groups in total. The number of halogens is 1. The zero-order chi connectivity index (χ0) is 16.2. The molecule has 7 heteroatoms. The maximum atomic E-state index is 12.2. The molecule has 1 aromatic carbocycles. The Morgan fingerprint density at radius 1 is 1.22 bits per heavy atom. The number of benzene rings is 1. The monoisotopic (exact) mass is 329 g/mol. The molecule has 2 aromatic heterocycles. The molecule has 0 saturated carbocycles. The lowest BCUT2D eigenvalue weighted by Crippen LogP contribution is -2.29. The molecule has 118 valence electrons. The van der Waals surface area contributed by atoms with E-state index in [1.54, 1.807) is 12.1 Å². The Morgan fingerprint density at radius 2 is 2.00 bits per heavy atom. The van der Waals surface area contributed by atoms with Crippen LogP contribution in [0.1, 0.15) is 21.7 Å². The summed E-state index contributed by atoms with van der Waals surface area (Å²) in [5.41, 5.74) is 7.50. The molecule has 0 unspecified atom stereocenters. The van der Waals surface area contributed by atoms with Crippen LogP contribution in [0.4, 0.5) is 0 Å². The lowest BCUT2D eigenvalue weighted by molar-refractivity contribution is 0.0956. The summed E-state index contributed by atoms with van der Waals surface area (Å²) in [4.78, 5) is 12.2. The lowest BCUT2D eigenvalue weighted by Gasteiger charge is -2.05. The van der Waals surface area contributed by atoms with Gasteiger partial charge < -0.3 is 11.1 Å². The molecule has 0 saturated heterocycles. The summed E-state index contributed by atoms with van der Waals surface area (Å²) in [7, 11) is 0. The van der Waals surface area contributed by atoms with Crippen molar-refractivity contribution in [1.29, 1.82) is 0 Å². The number of carbonyl (C=O) groups excluding carboxylic acids is 1. The summed E-state index contributed by atoms with van der Waals surface area (Å²) in [6.45, 7) is 0.815. The van der Waals surface area contributed by atoms with Gasteiger partial charge in [-0.1, -0.05) is 23.7 Å². The second kappa shape index (κ2) is 6.76. The van der Waals surface area contributed by atoms with E-state index in [1.165, 1.54) is 0 Å². The van der Waals surface area contributed by atoms with Gasteiger partial charge in [-0.25, -0.2) is 0 Å². The maximum absolute atomic E-state index is 12.2. The number of carbonyl (C=O) groups is 1. The molecule has 0 atom stereocenters. The van der Waals surface area contributed by atoms with Crippen molar-refractivity contribution >= 4 is 23.2 Å². The quantitative estimate of drug-likeness (QED) is 0.745. The van der Waals surface area contributed by atoms with Crippen LogP contribution in [0.3, 0.4) is 0 Å². The second-order valence-corrected chi connectivity index (χ2v) is 5.52. The highest BCUT2D eigenvalue weighted by molar-refractivity contribution is 6.30. The summed E-state index contributed by atoms with van der Waals surface area (Å²) < 4.78 is 1.83. The zero-order valence-electron chi connectivity index (χ0n) is 12.4. The van der Waals surface area contributed by atoms with Crippen LogP contribution >= 0.6 is 11.6 Å². The van der Waals surface area contributed by atoms with Gasteiger partial charge in [0.05, 0.1) is 5.56 Å². The summed E-state index contributed by atoms with van der Waals surface area (Å²) in [6, 6.07) is 11.1. The van der Waals surface area contributed by atoms with Crippen molar-refractivity contribution in [2.24, 2.45) is 5.73 Å². The Labute approximate surface area is 138 Å². The summed E-state index contributed by atoms with van der Waals surface area (Å²) in [6.07, 6.45) is 2.45. The Balaban J connectivity index is 1.91. The van der Waals surface area contributed by atoms with Gasteiger partial charge in [-0.15, -0.1) is 10.2 Å². The van der Waals surface area contributed by atoms with Gasteiger partial charge in [0.25, 0.3) is 5.91 Å². The fourth-order valence-corrected chi connectivity index (χ4v) is 2.45. The van der Waals surface area contributed by atoms with Gasteiger partial charge in [0.1, 0.15) is 5.82 Å². The standard InChI is InChI=1S/C16H16ClN5O/c17-12-5-3-11(4-6-12)10-14-20-21-15-13(2-1-9-22(14)15)16(23)19-8-7-18/h1-6,9H,7-8,10,18H2,(H,19,23). The van der Waals surface area contributed by atoms with Crippen LogP contribution in [-0.2, 0) is 6.42 Å². The zero-order valence-corrected chi connectivity index (χ0v) is 13.1. The van der Waals surface area contributed by atoms with E-state index in [0.717, 1.165) is 11.4 Å². The molecule has 0 spiro atoms. The minimum atomic E-state index is -0.202. The molecule has 0 bridgehead atoms. The van der Waals surface area contributed by atoms with Crippen molar-refractivity contribution in [2.45, 2.75) is 6.42 Å². The van der Waals surface area contributed by atoms with Gasteiger partial charge in [0, 0.05) is 30.7 Å². The number of nitrogens with one attached hydrogen (secondary N) is 1. The topological polar surface area (TPSA) is 85.3 Å². The molecule has 0 radical (unpaired) electrons. The van der Waals surface area contributed by atoms with Crippen LogP contribution in [0, 0.1) is 0 Å². The summed E-state index contributed by atoms with van der Waals surface area (Å²) in [5, 5.41) is 11.8. The average molecular weight is 330 g/mol. The van der Waals surface area contributed by atoms with E-state index in [1.807, 2.05) is 34.9 Å². The number of aromatic nitrogens is 3. The smallest absolute Gasteiger partial charge is 0.255 e. The number of pyridine rings is 1. The SMILES string of the molecule is NCCNC(=O)c1cccn2c(Cc3ccc(Cl)cc3)nnc12. The van der Waals surface area contributed by atoms with Crippen LogP contribution < -0.4 is 11.1 Å². The van der Waals surface area contributed by atoms with Gasteiger partial charge in [-0.3, -0.25) is 9.20 Å². The third-order valence-electron chi connectivity index (χ3n) is 3.46. The molecule has 0 aliphatic carbocycles. The van der Waals surface area contributed by atoms with E-state index in [4.69, 9.17) is 17.3 Å². The van der Waals surface area contributed by atoms with E-state index in [0.29, 0.717) is 35.7 Å². The molecule has 1 amide bonds. The van der Waals surface area contributed by atoms with Gasteiger partial charge in [-0.05, 0) is 29.8 Å². The highest BCUT2D eigenvalue weighted by Crippen LogP contribution is 2.15.